The van der Waals surface area contributed by atoms with E-state index < -0.39 is 18.3 Å². The minimum absolute atomic E-state index is 0.397. The summed E-state index contributed by atoms with van der Waals surface area (Å²) < 4.78 is 24.6. The standard InChI is InChI=1S/C28H21BO3S2/c1-27(2)28(3,4)32-29(31-27)16-9-10-18-22-21-17(30-18)11-12-19-23(21)24-20(33-19)13-14-7-5-6-8-15(14)25(24)34-26(16)22/h5-13H,1-4H3. The molecule has 6 heteroatoms. The van der Waals surface area contributed by atoms with E-state index >= 15 is 0 Å². The van der Waals surface area contributed by atoms with Crippen molar-refractivity contribution in [1.29, 1.82) is 0 Å². The van der Waals surface area contributed by atoms with Crippen LogP contribution in [0.4, 0.5) is 0 Å². The van der Waals surface area contributed by atoms with Crippen molar-refractivity contribution in [3.05, 3.63) is 54.6 Å². The van der Waals surface area contributed by atoms with Gasteiger partial charge in [-0.25, -0.2) is 0 Å². The molecular formula is C28H21BO3S2. The lowest BCUT2D eigenvalue weighted by Crippen LogP contribution is -2.41. The Hall–Kier alpha value is -2.64. The zero-order valence-corrected chi connectivity index (χ0v) is 20.9. The van der Waals surface area contributed by atoms with Gasteiger partial charge < -0.3 is 13.7 Å². The average Bonchev–Trinajstić information content (AvgIpc) is 3.37. The molecule has 8 rings (SSSR count). The molecule has 1 saturated heterocycles. The predicted octanol–water partition coefficient (Wildman–Crippen LogP) is 8.06. The summed E-state index contributed by atoms with van der Waals surface area (Å²) in [5.41, 5.74) is 2.14. The van der Waals surface area contributed by atoms with Crippen LogP contribution in [0.25, 0.3) is 62.3 Å². The molecule has 1 aliphatic heterocycles. The zero-order valence-electron chi connectivity index (χ0n) is 19.3. The summed E-state index contributed by atoms with van der Waals surface area (Å²) in [6, 6.07) is 19.6. The monoisotopic (exact) mass is 480 g/mol. The van der Waals surface area contributed by atoms with E-state index in [9.17, 15) is 0 Å². The molecular weight excluding hydrogens is 459 g/mol. The van der Waals surface area contributed by atoms with Crippen molar-refractivity contribution >= 4 is 97.5 Å². The SMILES string of the molecule is CC1(C)OB(c2ccc3oc4ccc5sc6cc7ccccc7c7sc2c3c4c5c67)OC1(C)C. The molecule has 4 aromatic carbocycles. The number of furan rings is 1. The number of rotatable bonds is 1. The average molecular weight is 480 g/mol. The minimum Gasteiger partial charge on any atom is -0.456 e. The molecule has 0 spiro atoms. The Morgan fingerprint density at radius 1 is 0.676 bits per heavy atom. The van der Waals surface area contributed by atoms with Crippen molar-refractivity contribution in [3.8, 4) is 0 Å². The summed E-state index contributed by atoms with van der Waals surface area (Å²) in [6.45, 7) is 8.44. The van der Waals surface area contributed by atoms with Gasteiger partial charge in [0.2, 0.25) is 0 Å². The number of hydrogen-bond donors (Lipinski definition) is 0. The smallest absolute Gasteiger partial charge is 0.456 e. The molecule has 7 aromatic rings. The zero-order chi connectivity index (χ0) is 23.0. The van der Waals surface area contributed by atoms with Crippen molar-refractivity contribution < 1.29 is 13.7 Å². The Morgan fingerprint density at radius 3 is 2.24 bits per heavy atom. The Bertz CT molecular complexity index is 1920. The highest BCUT2D eigenvalue weighted by atomic mass is 32.1. The molecule has 0 unspecified atom stereocenters. The maximum absolute atomic E-state index is 6.53. The Labute approximate surface area is 204 Å². The second-order valence-electron chi connectivity index (χ2n) is 10.4. The molecule has 4 heterocycles. The summed E-state index contributed by atoms with van der Waals surface area (Å²) in [7, 11) is -0.429. The van der Waals surface area contributed by atoms with Crippen LogP contribution in [0.1, 0.15) is 27.7 Å². The van der Waals surface area contributed by atoms with Gasteiger partial charge in [-0.2, -0.15) is 0 Å². The van der Waals surface area contributed by atoms with E-state index in [0.717, 1.165) is 16.6 Å². The van der Waals surface area contributed by atoms with Gasteiger partial charge in [0.1, 0.15) is 11.2 Å². The lowest BCUT2D eigenvalue weighted by Gasteiger charge is -2.32. The van der Waals surface area contributed by atoms with E-state index in [0.29, 0.717) is 0 Å². The Balaban J connectivity index is 1.62. The first-order chi connectivity index (χ1) is 16.3. The second-order valence-corrected chi connectivity index (χ2v) is 12.5. The molecule has 0 atom stereocenters. The second kappa shape index (κ2) is 6.13. The fourth-order valence-electron chi connectivity index (χ4n) is 5.45. The molecule has 166 valence electrons. The van der Waals surface area contributed by atoms with Gasteiger partial charge in [0.25, 0.3) is 0 Å². The first kappa shape index (κ1) is 19.6. The fraction of sp³-hybridized carbons (Fsp3) is 0.214. The van der Waals surface area contributed by atoms with E-state index in [-0.39, 0.29) is 0 Å². The number of thiophene rings is 1. The van der Waals surface area contributed by atoms with Crippen molar-refractivity contribution in [1.82, 2.24) is 0 Å². The Morgan fingerprint density at radius 2 is 1.41 bits per heavy atom. The fourth-order valence-corrected chi connectivity index (χ4v) is 8.09. The molecule has 0 amide bonds. The van der Waals surface area contributed by atoms with Crippen LogP contribution in [0.2, 0.25) is 0 Å². The van der Waals surface area contributed by atoms with Gasteiger partial charge >= 0.3 is 7.12 Å². The lowest BCUT2D eigenvalue weighted by molar-refractivity contribution is 0.00578. The van der Waals surface area contributed by atoms with Crippen molar-refractivity contribution in [2.75, 3.05) is 0 Å². The summed E-state index contributed by atoms with van der Waals surface area (Å²) in [5, 5.41) is 7.61. The van der Waals surface area contributed by atoms with E-state index in [4.69, 9.17) is 13.7 Å². The maximum Gasteiger partial charge on any atom is 0.496 e. The van der Waals surface area contributed by atoms with Crippen LogP contribution in [0.5, 0.6) is 0 Å². The summed E-state index contributed by atoms with van der Waals surface area (Å²) in [5.74, 6) is 0. The van der Waals surface area contributed by atoms with Crippen LogP contribution in [0.15, 0.2) is 59.0 Å². The molecule has 1 fully saturated rings. The van der Waals surface area contributed by atoms with Crippen LogP contribution in [0, 0.1) is 0 Å². The van der Waals surface area contributed by atoms with Crippen LogP contribution in [0.3, 0.4) is 0 Å². The summed E-state index contributed by atoms with van der Waals surface area (Å²) >= 11 is 3.72. The van der Waals surface area contributed by atoms with Crippen molar-refractivity contribution in [2.24, 2.45) is 0 Å². The predicted molar refractivity (Wildman–Crippen MR) is 146 cm³/mol. The largest absolute Gasteiger partial charge is 0.496 e. The lowest BCUT2D eigenvalue weighted by atomic mass is 9.78. The minimum atomic E-state index is -0.429. The third-order valence-corrected chi connectivity index (χ3v) is 10.3. The molecule has 0 saturated carbocycles. The first-order valence-corrected chi connectivity index (χ1v) is 13.3. The summed E-state index contributed by atoms with van der Waals surface area (Å²) in [6.07, 6.45) is 0. The quantitative estimate of drug-likeness (QED) is 0.223. The molecule has 34 heavy (non-hydrogen) atoms. The van der Waals surface area contributed by atoms with Crippen molar-refractivity contribution in [2.45, 2.75) is 38.9 Å². The third kappa shape index (κ3) is 2.30. The van der Waals surface area contributed by atoms with Crippen LogP contribution >= 0.6 is 22.7 Å². The highest BCUT2D eigenvalue weighted by Gasteiger charge is 2.52. The van der Waals surface area contributed by atoms with Gasteiger partial charge in [-0.3, -0.25) is 0 Å². The van der Waals surface area contributed by atoms with Crippen LogP contribution in [-0.2, 0) is 9.31 Å². The molecule has 1 aliphatic rings. The van der Waals surface area contributed by atoms with Gasteiger partial charge in [0.15, 0.2) is 0 Å². The maximum atomic E-state index is 6.53. The van der Waals surface area contributed by atoms with E-state index in [1.165, 1.54) is 51.1 Å². The van der Waals surface area contributed by atoms with Gasteiger partial charge in [0.05, 0.1) is 11.2 Å². The normalized spacial score (nSPS) is 18.2. The molecule has 3 aromatic heterocycles. The molecule has 0 radical (unpaired) electrons. The highest BCUT2D eigenvalue weighted by Crippen LogP contribution is 2.50. The van der Waals surface area contributed by atoms with E-state index in [1.54, 1.807) is 0 Å². The highest BCUT2D eigenvalue weighted by molar-refractivity contribution is 7.30. The first-order valence-electron chi connectivity index (χ1n) is 11.6. The van der Waals surface area contributed by atoms with Gasteiger partial charge in [-0.15, -0.1) is 22.7 Å². The third-order valence-electron chi connectivity index (χ3n) is 7.90. The molecule has 0 N–H and O–H groups in total. The van der Waals surface area contributed by atoms with Gasteiger partial charge in [0, 0.05) is 45.8 Å². The molecule has 0 bridgehead atoms. The van der Waals surface area contributed by atoms with Crippen molar-refractivity contribution in [3.63, 3.8) is 0 Å². The van der Waals surface area contributed by atoms with Crippen LogP contribution < -0.4 is 5.46 Å². The van der Waals surface area contributed by atoms with Crippen LogP contribution in [-0.4, -0.2) is 18.3 Å². The Kier molecular flexibility index (Phi) is 3.54. The van der Waals surface area contributed by atoms with E-state index in [1.807, 2.05) is 22.7 Å². The molecule has 3 nitrogen and oxygen atoms in total. The number of hydrogen-bond acceptors (Lipinski definition) is 5. The topological polar surface area (TPSA) is 31.6 Å². The van der Waals surface area contributed by atoms with Gasteiger partial charge in [-0.1, -0.05) is 30.3 Å². The molecule has 0 aliphatic carbocycles. The summed E-state index contributed by atoms with van der Waals surface area (Å²) in [4.78, 5) is 0. The number of fused-ring (bicyclic) bond motifs is 2. The van der Waals surface area contributed by atoms with Gasteiger partial charge in [-0.05, 0) is 62.7 Å². The van der Waals surface area contributed by atoms with E-state index in [2.05, 4.69) is 82.3 Å². The number of benzene rings is 4.